The molecule has 2 N–H and O–H groups in total. The first-order chi connectivity index (χ1) is 6.25. The molecule has 4 heteroatoms. The van der Waals surface area contributed by atoms with Crippen molar-refractivity contribution < 1.29 is 9.90 Å². The number of carbonyl (C=O) groups is 1. The highest BCUT2D eigenvalue weighted by Gasteiger charge is 2.16. The second kappa shape index (κ2) is 4.57. The SMILES string of the molecule is O=C(O)C(NC=S)c1ccccc1. The van der Waals surface area contributed by atoms with Gasteiger partial charge in [-0.1, -0.05) is 42.5 Å². The molecule has 0 heterocycles. The number of nitrogens with one attached hydrogen (secondary N) is 1. The summed E-state index contributed by atoms with van der Waals surface area (Å²) in [7, 11) is 0. The fourth-order valence-electron chi connectivity index (χ4n) is 1.02. The third-order valence-corrected chi connectivity index (χ3v) is 1.75. The lowest BCUT2D eigenvalue weighted by atomic mass is 10.1. The molecule has 0 fully saturated rings. The lowest BCUT2D eigenvalue weighted by Crippen LogP contribution is -2.26. The van der Waals surface area contributed by atoms with Gasteiger partial charge in [0.1, 0.15) is 0 Å². The van der Waals surface area contributed by atoms with Gasteiger partial charge in [0.15, 0.2) is 6.04 Å². The summed E-state index contributed by atoms with van der Waals surface area (Å²) >= 11 is 4.55. The van der Waals surface area contributed by atoms with Gasteiger partial charge in [0.25, 0.3) is 0 Å². The summed E-state index contributed by atoms with van der Waals surface area (Å²) < 4.78 is 0. The first-order valence-electron chi connectivity index (χ1n) is 3.73. The minimum absolute atomic E-state index is 0.691. The van der Waals surface area contributed by atoms with Crippen molar-refractivity contribution in [3.8, 4) is 0 Å². The molecule has 1 atom stereocenters. The lowest BCUT2D eigenvalue weighted by molar-refractivity contribution is -0.139. The predicted molar refractivity (Wildman–Crippen MR) is 53.6 cm³/mol. The van der Waals surface area contributed by atoms with Crippen molar-refractivity contribution in [2.45, 2.75) is 6.04 Å². The molecule has 0 saturated heterocycles. The van der Waals surface area contributed by atoms with E-state index >= 15 is 0 Å². The number of carboxylic acid groups (broad SMARTS) is 1. The van der Waals surface area contributed by atoms with Crippen molar-refractivity contribution in [3.05, 3.63) is 35.9 Å². The lowest BCUT2D eigenvalue weighted by Gasteiger charge is -2.11. The Kier molecular flexibility index (Phi) is 3.40. The molecule has 1 rings (SSSR count). The van der Waals surface area contributed by atoms with E-state index in [1.807, 2.05) is 6.07 Å². The van der Waals surface area contributed by atoms with E-state index in [1.165, 1.54) is 5.49 Å². The number of carboxylic acids is 1. The fourth-order valence-corrected chi connectivity index (χ4v) is 1.16. The molecule has 0 aromatic heterocycles. The van der Waals surface area contributed by atoms with Gasteiger partial charge in [0, 0.05) is 0 Å². The van der Waals surface area contributed by atoms with Crippen molar-refractivity contribution in [2.75, 3.05) is 0 Å². The van der Waals surface area contributed by atoms with Crippen molar-refractivity contribution in [2.24, 2.45) is 0 Å². The number of aliphatic carboxylic acids is 1. The quantitative estimate of drug-likeness (QED) is 0.712. The predicted octanol–water partition coefficient (Wildman–Crippen LogP) is 1.36. The molecule has 13 heavy (non-hydrogen) atoms. The van der Waals surface area contributed by atoms with E-state index in [9.17, 15) is 4.79 Å². The van der Waals surface area contributed by atoms with Gasteiger partial charge >= 0.3 is 5.97 Å². The van der Waals surface area contributed by atoms with Crippen molar-refractivity contribution in [3.63, 3.8) is 0 Å². The number of hydrogen-bond donors (Lipinski definition) is 2. The Balaban J connectivity index is 2.88. The Hall–Kier alpha value is -1.42. The molecule has 0 aliphatic rings. The van der Waals surface area contributed by atoms with Crippen LogP contribution in [0.1, 0.15) is 11.6 Å². The van der Waals surface area contributed by atoms with Gasteiger partial charge in [-0.3, -0.25) is 0 Å². The summed E-state index contributed by atoms with van der Waals surface area (Å²) in [6.45, 7) is 0. The van der Waals surface area contributed by atoms with Crippen LogP contribution >= 0.6 is 12.2 Å². The summed E-state index contributed by atoms with van der Waals surface area (Å²) in [6.07, 6.45) is 0. The summed E-state index contributed by atoms with van der Waals surface area (Å²) in [5, 5.41) is 11.4. The number of rotatable bonds is 4. The molecule has 0 amide bonds. The maximum absolute atomic E-state index is 10.8. The Bertz CT molecular complexity index is 300. The van der Waals surface area contributed by atoms with Gasteiger partial charge in [-0.25, -0.2) is 4.79 Å². The van der Waals surface area contributed by atoms with Gasteiger partial charge in [0.2, 0.25) is 0 Å². The van der Waals surface area contributed by atoms with E-state index in [0.29, 0.717) is 5.56 Å². The van der Waals surface area contributed by atoms with Gasteiger partial charge in [0.05, 0.1) is 5.49 Å². The Morgan fingerprint density at radius 3 is 2.54 bits per heavy atom. The van der Waals surface area contributed by atoms with Crippen LogP contribution in [0.2, 0.25) is 0 Å². The standard InChI is InChI=1S/C9H9NO2S/c11-9(12)8(10-6-13)7-4-2-1-3-5-7/h1-6,8H,(H,10,13)(H,11,12). The summed E-state index contributed by atoms with van der Waals surface area (Å²) in [5.74, 6) is -0.938. The van der Waals surface area contributed by atoms with Crippen LogP contribution in [0.15, 0.2) is 30.3 Å². The van der Waals surface area contributed by atoms with E-state index in [2.05, 4.69) is 17.5 Å². The molecule has 0 bridgehead atoms. The second-order valence-corrected chi connectivity index (χ2v) is 2.70. The molecule has 0 spiro atoms. The number of benzene rings is 1. The molecule has 68 valence electrons. The van der Waals surface area contributed by atoms with Crippen LogP contribution in [0.25, 0.3) is 0 Å². The van der Waals surface area contributed by atoms with E-state index < -0.39 is 12.0 Å². The maximum Gasteiger partial charge on any atom is 0.330 e. The highest BCUT2D eigenvalue weighted by molar-refractivity contribution is 7.78. The molecule has 0 aliphatic carbocycles. The molecule has 1 aromatic carbocycles. The fraction of sp³-hybridized carbons (Fsp3) is 0.111. The highest BCUT2D eigenvalue weighted by atomic mass is 32.1. The third kappa shape index (κ3) is 2.52. The van der Waals surface area contributed by atoms with Crippen LogP contribution < -0.4 is 5.32 Å². The molecule has 1 aromatic rings. The normalized spacial score (nSPS) is 11.7. The zero-order chi connectivity index (χ0) is 9.68. The average Bonchev–Trinajstić information content (AvgIpc) is 2.15. The van der Waals surface area contributed by atoms with Crippen LogP contribution in [-0.2, 0) is 4.79 Å². The van der Waals surface area contributed by atoms with Gasteiger partial charge in [-0.05, 0) is 5.56 Å². The minimum atomic E-state index is -0.938. The molecular formula is C9H9NO2S. The van der Waals surface area contributed by atoms with Crippen molar-refractivity contribution >= 4 is 23.7 Å². The zero-order valence-electron chi connectivity index (χ0n) is 6.81. The van der Waals surface area contributed by atoms with Gasteiger partial charge in [-0.15, -0.1) is 0 Å². The summed E-state index contributed by atoms with van der Waals surface area (Å²) in [5.41, 5.74) is 1.90. The summed E-state index contributed by atoms with van der Waals surface area (Å²) in [6, 6.07) is 8.14. The van der Waals surface area contributed by atoms with Gasteiger partial charge in [-0.2, -0.15) is 0 Å². The maximum atomic E-state index is 10.8. The minimum Gasteiger partial charge on any atom is -0.479 e. The monoisotopic (exact) mass is 195 g/mol. The topological polar surface area (TPSA) is 49.3 Å². The Morgan fingerprint density at radius 2 is 2.08 bits per heavy atom. The largest absolute Gasteiger partial charge is 0.479 e. The molecule has 0 radical (unpaired) electrons. The zero-order valence-corrected chi connectivity index (χ0v) is 7.62. The second-order valence-electron chi connectivity index (χ2n) is 2.47. The third-order valence-electron chi connectivity index (χ3n) is 1.61. The number of hydrogen-bond acceptors (Lipinski definition) is 2. The van der Waals surface area contributed by atoms with Crippen molar-refractivity contribution in [1.29, 1.82) is 0 Å². The van der Waals surface area contributed by atoms with Crippen LogP contribution in [0.3, 0.4) is 0 Å². The average molecular weight is 195 g/mol. The van der Waals surface area contributed by atoms with Crippen LogP contribution in [-0.4, -0.2) is 16.6 Å². The molecule has 0 saturated carbocycles. The highest BCUT2D eigenvalue weighted by Crippen LogP contribution is 2.11. The van der Waals surface area contributed by atoms with Crippen molar-refractivity contribution in [1.82, 2.24) is 5.32 Å². The Morgan fingerprint density at radius 1 is 1.46 bits per heavy atom. The molecule has 0 aliphatic heterocycles. The van der Waals surface area contributed by atoms with E-state index in [4.69, 9.17) is 5.11 Å². The van der Waals surface area contributed by atoms with Crippen LogP contribution in [0.4, 0.5) is 0 Å². The Labute approximate surface area is 81.4 Å². The molecular weight excluding hydrogens is 186 g/mol. The first kappa shape index (κ1) is 9.67. The smallest absolute Gasteiger partial charge is 0.330 e. The summed E-state index contributed by atoms with van der Waals surface area (Å²) in [4.78, 5) is 10.8. The molecule has 1 unspecified atom stereocenters. The first-order valence-corrected chi connectivity index (χ1v) is 4.20. The van der Waals surface area contributed by atoms with E-state index in [0.717, 1.165) is 0 Å². The van der Waals surface area contributed by atoms with E-state index in [-0.39, 0.29) is 0 Å². The van der Waals surface area contributed by atoms with Gasteiger partial charge < -0.3 is 10.4 Å². The number of thiocarbonyl (C=S) groups is 1. The molecule has 3 nitrogen and oxygen atoms in total. The van der Waals surface area contributed by atoms with Crippen LogP contribution in [0.5, 0.6) is 0 Å². The van der Waals surface area contributed by atoms with Crippen LogP contribution in [0, 0.1) is 0 Å². The van der Waals surface area contributed by atoms with E-state index in [1.54, 1.807) is 24.3 Å².